The smallest absolute Gasteiger partial charge is 0.326 e. The molecule has 0 aliphatic carbocycles. The summed E-state index contributed by atoms with van der Waals surface area (Å²) in [7, 11) is 0. The number of carboxylic acid groups (broad SMARTS) is 1. The molecule has 4 unspecified atom stereocenters. The van der Waals surface area contributed by atoms with Gasteiger partial charge in [0.15, 0.2) is 0 Å². The number of aromatic amines is 1. The summed E-state index contributed by atoms with van der Waals surface area (Å²) in [6, 6.07) is 2.71. The summed E-state index contributed by atoms with van der Waals surface area (Å²) < 4.78 is 0. The molecule has 39 heavy (non-hydrogen) atoms. The van der Waals surface area contributed by atoms with Crippen molar-refractivity contribution in [2.24, 2.45) is 17.4 Å². The summed E-state index contributed by atoms with van der Waals surface area (Å²) in [5.74, 6) is -3.60. The minimum absolute atomic E-state index is 0.0144. The standard InChI is InChI=1S/C26H38N6O6S/c1-14(2)10-17(27)23(34)31-21(12-22(28)33)25(36)32-20(24(35)30-19(26(37)38)8-9-39-3)11-15-13-29-18-7-5-4-6-16(15)18/h4-7,13-14,17,19-21,29H,8-12,27H2,1-3H3,(H2,28,33)(H,30,35)(H,31,34)(H,32,36)(H,37,38). The molecule has 0 radical (unpaired) electrons. The van der Waals surface area contributed by atoms with Crippen LogP contribution in [0.1, 0.15) is 38.7 Å². The van der Waals surface area contributed by atoms with Crippen LogP contribution in [-0.2, 0) is 30.4 Å². The van der Waals surface area contributed by atoms with Gasteiger partial charge in [-0.05, 0) is 42.4 Å². The molecule has 0 saturated carbocycles. The minimum Gasteiger partial charge on any atom is -0.480 e. The number of primary amides is 1. The first-order valence-corrected chi connectivity index (χ1v) is 14.0. The maximum Gasteiger partial charge on any atom is 0.326 e. The number of rotatable bonds is 16. The summed E-state index contributed by atoms with van der Waals surface area (Å²) >= 11 is 1.44. The normalized spacial score (nSPS) is 14.3. The number of amides is 4. The van der Waals surface area contributed by atoms with Crippen LogP contribution >= 0.6 is 11.8 Å². The molecule has 4 atom stereocenters. The fourth-order valence-corrected chi connectivity index (χ4v) is 4.54. The number of hydrogen-bond donors (Lipinski definition) is 7. The fourth-order valence-electron chi connectivity index (χ4n) is 4.07. The Morgan fingerprint density at radius 2 is 1.59 bits per heavy atom. The Kier molecular flexibility index (Phi) is 12.3. The lowest BCUT2D eigenvalue weighted by atomic mass is 10.0. The molecule has 9 N–H and O–H groups in total. The second-order valence-electron chi connectivity index (χ2n) is 9.77. The molecule has 1 aromatic heterocycles. The van der Waals surface area contributed by atoms with Crippen LogP contribution in [0.25, 0.3) is 10.9 Å². The molecule has 13 heteroatoms. The van der Waals surface area contributed by atoms with Gasteiger partial charge in [-0.1, -0.05) is 32.0 Å². The number of H-pyrrole nitrogens is 1. The third kappa shape index (κ3) is 9.91. The van der Waals surface area contributed by atoms with Crippen LogP contribution < -0.4 is 27.4 Å². The molecule has 2 aromatic rings. The highest BCUT2D eigenvalue weighted by Gasteiger charge is 2.31. The Hall–Kier alpha value is -3.58. The van der Waals surface area contributed by atoms with Crippen LogP contribution in [0.5, 0.6) is 0 Å². The molecule has 0 aliphatic rings. The first-order valence-electron chi connectivity index (χ1n) is 12.6. The lowest BCUT2D eigenvalue weighted by Gasteiger charge is -2.25. The zero-order valence-electron chi connectivity index (χ0n) is 22.4. The largest absolute Gasteiger partial charge is 0.480 e. The molecule has 214 valence electrons. The van der Waals surface area contributed by atoms with Crippen molar-refractivity contribution >= 4 is 52.3 Å². The Morgan fingerprint density at radius 3 is 2.21 bits per heavy atom. The van der Waals surface area contributed by atoms with E-state index in [9.17, 15) is 29.1 Å². The second-order valence-corrected chi connectivity index (χ2v) is 10.8. The van der Waals surface area contributed by atoms with Gasteiger partial charge in [-0.2, -0.15) is 11.8 Å². The highest BCUT2D eigenvalue weighted by Crippen LogP contribution is 2.19. The van der Waals surface area contributed by atoms with E-state index < -0.39 is 60.2 Å². The molecule has 1 heterocycles. The number of carbonyl (C=O) groups excluding carboxylic acids is 4. The number of nitrogens with two attached hydrogens (primary N) is 2. The SMILES string of the molecule is CSCCC(NC(=O)C(Cc1c[nH]c2ccccc12)NC(=O)C(CC(N)=O)NC(=O)C(N)CC(C)C)C(=O)O. The van der Waals surface area contributed by atoms with Crippen molar-refractivity contribution in [3.8, 4) is 0 Å². The Balaban J connectivity index is 2.31. The second kappa shape index (κ2) is 15.1. The van der Waals surface area contributed by atoms with Gasteiger partial charge >= 0.3 is 5.97 Å². The van der Waals surface area contributed by atoms with Crippen LogP contribution in [0, 0.1) is 5.92 Å². The van der Waals surface area contributed by atoms with Crippen molar-refractivity contribution in [2.75, 3.05) is 12.0 Å². The number of hydrogen-bond acceptors (Lipinski definition) is 7. The number of aliphatic carboxylic acids is 1. The van der Waals surface area contributed by atoms with Gasteiger partial charge in [0.2, 0.25) is 23.6 Å². The molecule has 0 aliphatic heterocycles. The van der Waals surface area contributed by atoms with Gasteiger partial charge in [-0.3, -0.25) is 19.2 Å². The molecule has 4 amide bonds. The Bertz CT molecular complexity index is 1170. The average molecular weight is 563 g/mol. The van der Waals surface area contributed by atoms with Crippen LogP contribution in [0.2, 0.25) is 0 Å². The molecule has 0 fully saturated rings. The average Bonchev–Trinajstić information content (AvgIpc) is 3.27. The lowest BCUT2D eigenvalue weighted by molar-refractivity contribution is -0.142. The van der Waals surface area contributed by atoms with E-state index in [0.29, 0.717) is 17.7 Å². The third-order valence-electron chi connectivity index (χ3n) is 6.06. The van der Waals surface area contributed by atoms with E-state index in [1.807, 2.05) is 44.4 Å². The third-order valence-corrected chi connectivity index (χ3v) is 6.70. The van der Waals surface area contributed by atoms with Crippen molar-refractivity contribution in [1.82, 2.24) is 20.9 Å². The van der Waals surface area contributed by atoms with Gasteiger partial charge in [0, 0.05) is 23.5 Å². The summed E-state index contributed by atoms with van der Waals surface area (Å²) in [4.78, 5) is 65.7. The maximum atomic E-state index is 13.3. The van der Waals surface area contributed by atoms with Crippen molar-refractivity contribution in [1.29, 1.82) is 0 Å². The topological polar surface area (TPSA) is 210 Å². The van der Waals surface area contributed by atoms with Gasteiger partial charge in [0.05, 0.1) is 12.5 Å². The number of aromatic nitrogens is 1. The van der Waals surface area contributed by atoms with Crippen molar-refractivity contribution < 1.29 is 29.1 Å². The summed E-state index contributed by atoms with van der Waals surface area (Å²) in [6.45, 7) is 3.77. The van der Waals surface area contributed by atoms with E-state index in [0.717, 1.165) is 10.9 Å². The monoisotopic (exact) mass is 562 g/mol. The maximum absolute atomic E-state index is 13.3. The van der Waals surface area contributed by atoms with E-state index in [2.05, 4.69) is 20.9 Å². The van der Waals surface area contributed by atoms with Crippen LogP contribution in [0.3, 0.4) is 0 Å². The predicted octanol–water partition coefficient (Wildman–Crippen LogP) is 0.251. The summed E-state index contributed by atoms with van der Waals surface area (Å²) in [5, 5.41) is 18.0. The summed E-state index contributed by atoms with van der Waals surface area (Å²) in [6.07, 6.45) is 3.56. The van der Waals surface area contributed by atoms with Crippen molar-refractivity contribution in [3.05, 3.63) is 36.0 Å². The predicted molar refractivity (Wildman–Crippen MR) is 150 cm³/mol. The highest BCUT2D eigenvalue weighted by molar-refractivity contribution is 7.98. The molecule has 0 saturated heterocycles. The highest BCUT2D eigenvalue weighted by atomic mass is 32.2. The van der Waals surface area contributed by atoms with E-state index >= 15 is 0 Å². The van der Waals surface area contributed by atoms with Gasteiger partial charge < -0.3 is 37.5 Å². The zero-order chi connectivity index (χ0) is 29.1. The first-order chi connectivity index (χ1) is 18.4. The quantitative estimate of drug-likeness (QED) is 0.150. The number of carbonyl (C=O) groups is 5. The van der Waals surface area contributed by atoms with Crippen LogP contribution in [0.4, 0.5) is 0 Å². The zero-order valence-corrected chi connectivity index (χ0v) is 23.2. The summed E-state index contributed by atoms with van der Waals surface area (Å²) in [5.41, 5.74) is 12.8. The molecular weight excluding hydrogens is 524 g/mol. The Labute approximate surface area is 231 Å². The van der Waals surface area contributed by atoms with Crippen LogP contribution in [0.15, 0.2) is 30.5 Å². The Morgan fingerprint density at radius 1 is 0.974 bits per heavy atom. The van der Waals surface area contributed by atoms with Gasteiger partial charge in [-0.25, -0.2) is 4.79 Å². The number of carboxylic acids is 1. The lowest BCUT2D eigenvalue weighted by Crippen LogP contribution is -2.58. The molecule has 0 bridgehead atoms. The van der Waals surface area contributed by atoms with Crippen LogP contribution in [-0.4, -0.2) is 75.9 Å². The van der Waals surface area contributed by atoms with E-state index in [-0.39, 0.29) is 18.8 Å². The van der Waals surface area contributed by atoms with E-state index in [1.54, 1.807) is 6.20 Å². The van der Waals surface area contributed by atoms with E-state index in [4.69, 9.17) is 11.5 Å². The van der Waals surface area contributed by atoms with Gasteiger partial charge in [0.25, 0.3) is 0 Å². The molecule has 12 nitrogen and oxygen atoms in total. The number of nitrogens with one attached hydrogen (secondary N) is 4. The molecule has 1 aromatic carbocycles. The van der Waals surface area contributed by atoms with Gasteiger partial charge in [0.1, 0.15) is 18.1 Å². The van der Waals surface area contributed by atoms with Gasteiger partial charge in [-0.15, -0.1) is 0 Å². The molecule has 2 rings (SSSR count). The minimum atomic E-state index is -1.38. The fraction of sp³-hybridized carbons (Fsp3) is 0.500. The number of benzene rings is 1. The van der Waals surface area contributed by atoms with Crippen molar-refractivity contribution in [3.63, 3.8) is 0 Å². The number of para-hydroxylation sites is 1. The first kappa shape index (κ1) is 31.6. The van der Waals surface area contributed by atoms with Crippen molar-refractivity contribution in [2.45, 2.75) is 63.7 Å². The van der Waals surface area contributed by atoms with E-state index in [1.165, 1.54) is 11.8 Å². The molecular formula is C26H38N6O6S. The number of thioether (sulfide) groups is 1. The molecule has 0 spiro atoms. The number of fused-ring (bicyclic) bond motifs is 1.